The number of nitrogen functional groups attached to an aromatic ring is 1. The molecule has 5 N–H and O–H groups in total. The van der Waals surface area contributed by atoms with E-state index in [1.807, 2.05) is 6.07 Å². The van der Waals surface area contributed by atoms with E-state index in [0.717, 1.165) is 4.70 Å². The maximum atomic E-state index is 11.6. The minimum Gasteiger partial charge on any atom is -0.444 e. The molecule has 1 aromatic carbocycles. The first-order chi connectivity index (χ1) is 11.2. The number of amides is 1. The van der Waals surface area contributed by atoms with Crippen molar-refractivity contribution in [3.05, 3.63) is 23.8 Å². The lowest BCUT2D eigenvalue weighted by Gasteiger charge is -2.21. The molecule has 132 valence electrons. The Hall–Kier alpha value is -1.90. The number of aliphatic hydroxyl groups excluding tert-OH is 2. The number of ether oxygens (including phenoxy) is 1. The van der Waals surface area contributed by atoms with Gasteiger partial charge in [-0.2, -0.15) is 0 Å². The number of hydrogen-bond acceptors (Lipinski definition) is 7. The Morgan fingerprint density at radius 3 is 2.79 bits per heavy atom. The first-order valence-corrected chi connectivity index (χ1v) is 8.47. The van der Waals surface area contributed by atoms with Crippen molar-refractivity contribution in [2.45, 2.75) is 45.0 Å². The summed E-state index contributed by atoms with van der Waals surface area (Å²) in [6.45, 7) is 5.49. The predicted octanol–water partition coefficient (Wildman–Crippen LogP) is 2.19. The van der Waals surface area contributed by atoms with Crippen molar-refractivity contribution in [2.75, 3.05) is 12.3 Å². The van der Waals surface area contributed by atoms with Crippen molar-refractivity contribution in [2.24, 2.45) is 0 Å². The number of nitrogens with zero attached hydrogens (tertiary/aromatic N) is 1. The molecular formula is C16H23N3O4S. The third-order valence-electron chi connectivity index (χ3n) is 3.26. The molecular weight excluding hydrogens is 330 g/mol. The minimum absolute atomic E-state index is 0.177. The normalized spacial score (nSPS) is 14.4. The average molecular weight is 353 g/mol. The summed E-state index contributed by atoms with van der Waals surface area (Å²) in [6.07, 6.45) is -2.54. The SMILES string of the molecule is CC(C)(C)OC(=O)NCCC(O)C(O)c1cccc2sc(N)nc12. The summed E-state index contributed by atoms with van der Waals surface area (Å²) in [5.41, 5.74) is 6.23. The van der Waals surface area contributed by atoms with Crippen molar-refractivity contribution in [1.29, 1.82) is 0 Å². The fourth-order valence-electron chi connectivity index (χ4n) is 2.23. The number of hydrogen-bond donors (Lipinski definition) is 4. The van der Waals surface area contributed by atoms with E-state index in [1.54, 1.807) is 32.9 Å². The van der Waals surface area contributed by atoms with Gasteiger partial charge in [0.2, 0.25) is 0 Å². The molecule has 0 aliphatic heterocycles. The largest absolute Gasteiger partial charge is 0.444 e. The molecule has 24 heavy (non-hydrogen) atoms. The van der Waals surface area contributed by atoms with E-state index in [1.165, 1.54) is 11.3 Å². The minimum atomic E-state index is -1.12. The number of thiazole rings is 1. The zero-order chi connectivity index (χ0) is 17.9. The molecule has 0 fully saturated rings. The molecule has 0 aliphatic rings. The molecule has 2 aromatic rings. The number of nitrogens with one attached hydrogen (secondary N) is 1. The first kappa shape index (κ1) is 18.4. The number of carbonyl (C=O) groups excluding carboxylic acids is 1. The number of benzene rings is 1. The van der Waals surface area contributed by atoms with Crippen molar-refractivity contribution in [1.82, 2.24) is 10.3 Å². The molecule has 2 rings (SSSR count). The highest BCUT2D eigenvalue weighted by Crippen LogP contribution is 2.31. The fourth-order valence-corrected chi connectivity index (χ4v) is 3.00. The van der Waals surface area contributed by atoms with Gasteiger partial charge in [-0.05, 0) is 33.3 Å². The second-order valence-electron chi connectivity index (χ2n) is 6.48. The monoisotopic (exact) mass is 353 g/mol. The predicted molar refractivity (Wildman–Crippen MR) is 93.9 cm³/mol. The van der Waals surface area contributed by atoms with Gasteiger partial charge in [0.15, 0.2) is 5.13 Å². The van der Waals surface area contributed by atoms with Crippen LogP contribution in [0.15, 0.2) is 18.2 Å². The second kappa shape index (κ2) is 7.33. The number of nitrogens with two attached hydrogens (primary N) is 1. The molecule has 0 saturated carbocycles. The van der Waals surface area contributed by atoms with Gasteiger partial charge in [-0.1, -0.05) is 23.5 Å². The van der Waals surface area contributed by atoms with Crippen LogP contribution >= 0.6 is 11.3 Å². The highest BCUT2D eigenvalue weighted by Gasteiger charge is 2.22. The smallest absolute Gasteiger partial charge is 0.407 e. The highest BCUT2D eigenvalue weighted by molar-refractivity contribution is 7.22. The van der Waals surface area contributed by atoms with Crippen molar-refractivity contribution >= 4 is 32.8 Å². The summed E-state index contributed by atoms with van der Waals surface area (Å²) in [6, 6.07) is 5.34. The fraction of sp³-hybridized carbons (Fsp3) is 0.500. The zero-order valence-electron chi connectivity index (χ0n) is 13.9. The van der Waals surface area contributed by atoms with Crippen LogP contribution in [0.5, 0.6) is 0 Å². The van der Waals surface area contributed by atoms with Crippen LogP contribution in [0.4, 0.5) is 9.93 Å². The van der Waals surface area contributed by atoms with Crippen LogP contribution < -0.4 is 11.1 Å². The molecule has 7 nitrogen and oxygen atoms in total. The molecule has 0 aliphatic carbocycles. The maximum Gasteiger partial charge on any atom is 0.407 e. The topological polar surface area (TPSA) is 118 Å². The third-order valence-corrected chi connectivity index (χ3v) is 4.11. The Morgan fingerprint density at radius 2 is 2.12 bits per heavy atom. The number of para-hydroxylation sites is 1. The molecule has 1 amide bonds. The van der Waals surface area contributed by atoms with Gasteiger partial charge in [0.1, 0.15) is 11.7 Å². The Kier molecular flexibility index (Phi) is 5.63. The van der Waals surface area contributed by atoms with Gasteiger partial charge in [0, 0.05) is 12.1 Å². The van der Waals surface area contributed by atoms with E-state index in [0.29, 0.717) is 16.2 Å². The lowest BCUT2D eigenvalue weighted by atomic mass is 10.0. The summed E-state index contributed by atoms with van der Waals surface area (Å²) in [4.78, 5) is 15.8. The lowest BCUT2D eigenvalue weighted by molar-refractivity contribution is 0.0130. The van der Waals surface area contributed by atoms with Gasteiger partial charge < -0.3 is 26.0 Å². The molecule has 0 bridgehead atoms. The lowest BCUT2D eigenvalue weighted by Crippen LogP contribution is -2.34. The number of anilines is 1. The van der Waals surface area contributed by atoms with Crippen LogP contribution in [-0.4, -0.2) is 39.5 Å². The van der Waals surface area contributed by atoms with E-state index in [4.69, 9.17) is 10.5 Å². The Bertz CT molecular complexity index is 711. The summed E-state index contributed by atoms with van der Waals surface area (Å²) in [7, 11) is 0. The van der Waals surface area contributed by atoms with Crippen LogP contribution in [0.25, 0.3) is 10.2 Å². The van der Waals surface area contributed by atoms with Crippen LogP contribution in [0.3, 0.4) is 0 Å². The van der Waals surface area contributed by atoms with E-state index in [2.05, 4.69) is 10.3 Å². The van der Waals surface area contributed by atoms with Gasteiger partial charge >= 0.3 is 6.09 Å². The van der Waals surface area contributed by atoms with Gasteiger partial charge in [-0.15, -0.1) is 0 Å². The number of fused-ring (bicyclic) bond motifs is 1. The number of aliphatic hydroxyl groups is 2. The maximum absolute atomic E-state index is 11.6. The molecule has 0 saturated heterocycles. The van der Waals surface area contributed by atoms with E-state index >= 15 is 0 Å². The summed E-state index contributed by atoms with van der Waals surface area (Å²) in [5.74, 6) is 0. The molecule has 8 heteroatoms. The van der Waals surface area contributed by atoms with Crippen LogP contribution in [0.1, 0.15) is 38.9 Å². The van der Waals surface area contributed by atoms with E-state index in [9.17, 15) is 15.0 Å². The zero-order valence-corrected chi connectivity index (χ0v) is 14.8. The van der Waals surface area contributed by atoms with Gasteiger partial charge in [0.05, 0.1) is 16.3 Å². The Morgan fingerprint density at radius 1 is 1.42 bits per heavy atom. The highest BCUT2D eigenvalue weighted by atomic mass is 32.1. The quantitative estimate of drug-likeness (QED) is 0.654. The molecule has 2 unspecified atom stereocenters. The third kappa shape index (κ3) is 4.80. The van der Waals surface area contributed by atoms with Crippen LogP contribution in [0, 0.1) is 0 Å². The second-order valence-corrected chi connectivity index (χ2v) is 7.54. The summed E-state index contributed by atoms with van der Waals surface area (Å²) >= 11 is 1.32. The molecule has 0 radical (unpaired) electrons. The van der Waals surface area contributed by atoms with E-state index in [-0.39, 0.29) is 13.0 Å². The average Bonchev–Trinajstić information content (AvgIpc) is 2.84. The van der Waals surface area contributed by atoms with Crippen LogP contribution in [0.2, 0.25) is 0 Å². The number of aromatic nitrogens is 1. The number of alkyl carbamates (subject to hydrolysis) is 1. The van der Waals surface area contributed by atoms with Gasteiger partial charge in [0.25, 0.3) is 0 Å². The van der Waals surface area contributed by atoms with Crippen molar-refractivity contribution < 1.29 is 19.7 Å². The number of carbonyl (C=O) groups is 1. The summed E-state index contributed by atoms with van der Waals surface area (Å²) in [5, 5.41) is 23.5. The van der Waals surface area contributed by atoms with E-state index < -0.39 is 23.9 Å². The molecule has 1 heterocycles. The Balaban J connectivity index is 1.94. The summed E-state index contributed by atoms with van der Waals surface area (Å²) < 4.78 is 5.96. The van der Waals surface area contributed by atoms with Gasteiger partial charge in [-0.25, -0.2) is 9.78 Å². The molecule has 2 atom stereocenters. The Labute approximate surface area is 144 Å². The standard InChI is InChI=1S/C16H23N3O4S/c1-16(2,3)23-15(22)18-8-7-10(20)13(21)9-5-4-6-11-12(9)19-14(17)24-11/h4-6,10,13,20-21H,7-8H2,1-3H3,(H2,17,19)(H,18,22). The van der Waals surface area contributed by atoms with Crippen molar-refractivity contribution in [3.8, 4) is 0 Å². The number of rotatable bonds is 5. The first-order valence-electron chi connectivity index (χ1n) is 7.65. The van der Waals surface area contributed by atoms with Crippen molar-refractivity contribution in [3.63, 3.8) is 0 Å². The van der Waals surface area contributed by atoms with Crippen LogP contribution in [-0.2, 0) is 4.74 Å². The molecule has 0 spiro atoms. The molecule has 1 aromatic heterocycles. The van der Waals surface area contributed by atoms with Gasteiger partial charge in [-0.3, -0.25) is 0 Å².